The summed E-state index contributed by atoms with van der Waals surface area (Å²) in [6.45, 7) is 10.9. The molecule has 2 aromatic carbocycles. The SMILES string of the molecule is C#CCc1ccc(OC)c(OC)c1-c1c([C@H](C#C)O[Si](C)(C)C(C)(C)C)ccc(OC)c1OC. The van der Waals surface area contributed by atoms with Crippen molar-refractivity contribution in [3.05, 3.63) is 35.4 Å². The lowest BCUT2D eigenvalue weighted by atomic mass is 9.89. The van der Waals surface area contributed by atoms with E-state index in [2.05, 4.69) is 45.7 Å². The Bertz CT molecular complexity index is 1100. The molecule has 0 heterocycles. The zero-order chi connectivity index (χ0) is 25.7. The van der Waals surface area contributed by atoms with Gasteiger partial charge in [-0.05, 0) is 35.8 Å². The third-order valence-corrected chi connectivity index (χ3v) is 10.8. The molecule has 0 saturated heterocycles. The monoisotopic (exact) mass is 480 g/mol. The third-order valence-electron chi connectivity index (χ3n) is 6.40. The standard InChI is InChI=1S/C28H36O5Si/c1-12-14-19-15-17-22(29-6)26(31-8)24(19)25-20(16-18-23(30-7)27(25)32-9)21(13-2)33-34(10,11)28(3,4)5/h1-2,15-18,21H,14H2,3-11H3/t21-/m0/s1. The maximum atomic E-state index is 6.70. The molecule has 0 N–H and O–H groups in total. The quantitative estimate of drug-likeness (QED) is 0.313. The number of benzene rings is 2. The van der Waals surface area contributed by atoms with E-state index in [1.54, 1.807) is 28.4 Å². The summed E-state index contributed by atoms with van der Waals surface area (Å²) in [6.07, 6.45) is 11.6. The molecule has 0 aliphatic heterocycles. The van der Waals surface area contributed by atoms with Crippen molar-refractivity contribution in [3.63, 3.8) is 0 Å². The second-order valence-corrected chi connectivity index (χ2v) is 14.2. The molecule has 5 nitrogen and oxygen atoms in total. The van der Waals surface area contributed by atoms with Gasteiger partial charge in [0.05, 0.1) is 28.4 Å². The zero-order valence-corrected chi connectivity index (χ0v) is 22.8. The van der Waals surface area contributed by atoms with Crippen molar-refractivity contribution in [2.75, 3.05) is 28.4 Å². The number of terminal acetylenes is 2. The highest BCUT2D eigenvalue weighted by Crippen LogP contribution is 2.51. The summed E-state index contributed by atoms with van der Waals surface area (Å²) in [5, 5.41) is -0.0267. The molecule has 2 rings (SSSR count). The van der Waals surface area contributed by atoms with Gasteiger partial charge in [-0.15, -0.1) is 18.8 Å². The number of ether oxygens (including phenoxy) is 4. The molecule has 2 aromatic rings. The maximum absolute atomic E-state index is 6.70. The molecule has 1 atom stereocenters. The van der Waals surface area contributed by atoms with Crippen molar-refractivity contribution < 1.29 is 23.4 Å². The van der Waals surface area contributed by atoms with Gasteiger partial charge in [-0.2, -0.15) is 0 Å². The summed E-state index contributed by atoms with van der Waals surface area (Å²) in [5.74, 6) is 7.78. The molecule has 0 fully saturated rings. The van der Waals surface area contributed by atoms with Gasteiger partial charge in [0, 0.05) is 23.1 Å². The summed E-state index contributed by atoms with van der Waals surface area (Å²) < 4.78 is 29.6. The predicted octanol–water partition coefficient (Wildman–Crippen LogP) is 6.26. The van der Waals surface area contributed by atoms with Gasteiger partial charge in [0.1, 0.15) is 6.10 Å². The third kappa shape index (κ3) is 5.19. The van der Waals surface area contributed by atoms with Crippen molar-refractivity contribution in [3.8, 4) is 58.8 Å². The highest BCUT2D eigenvalue weighted by Gasteiger charge is 2.40. The summed E-state index contributed by atoms with van der Waals surface area (Å²) in [6, 6.07) is 7.53. The molecule has 0 bridgehead atoms. The van der Waals surface area contributed by atoms with Gasteiger partial charge < -0.3 is 23.4 Å². The van der Waals surface area contributed by atoms with Gasteiger partial charge in [-0.1, -0.05) is 38.8 Å². The van der Waals surface area contributed by atoms with Gasteiger partial charge in [-0.25, -0.2) is 0 Å². The molecule has 34 heavy (non-hydrogen) atoms. The van der Waals surface area contributed by atoms with Gasteiger partial charge in [0.2, 0.25) is 0 Å². The fourth-order valence-electron chi connectivity index (χ4n) is 3.58. The van der Waals surface area contributed by atoms with Gasteiger partial charge in [0.15, 0.2) is 31.3 Å². The molecule has 0 spiro atoms. The first-order valence-corrected chi connectivity index (χ1v) is 14.0. The van der Waals surface area contributed by atoms with E-state index in [1.165, 1.54) is 0 Å². The first kappa shape index (κ1) is 27.2. The summed E-state index contributed by atoms with van der Waals surface area (Å²) in [7, 11) is 4.16. The minimum atomic E-state index is -2.22. The number of hydrogen-bond donors (Lipinski definition) is 0. The summed E-state index contributed by atoms with van der Waals surface area (Å²) >= 11 is 0. The average Bonchev–Trinajstić information content (AvgIpc) is 2.80. The van der Waals surface area contributed by atoms with Crippen LogP contribution in [-0.4, -0.2) is 36.8 Å². The van der Waals surface area contributed by atoms with Crippen molar-refractivity contribution in [1.29, 1.82) is 0 Å². The molecule has 0 amide bonds. The van der Waals surface area contributed by atoms with Crippen molar-refractivity contribution in [1.82, 2.24) is 0 Å². The lowest BCUT2D eigenvalue weighted by Crippen LogP contribution is -2.41. The van der Waals surface area contributed by atoms with Crippen LogP contribution in [0.25, 0.3) is 11.1 Å². The highest BCUT2D eigenvalue weighted by molar-refractivity contribution is 6.74. The first-order chi connectivity index (χ1) is 16.0. The van der Waals surface area contributed by atoms with Crippen LogP contribution in [0, 0.1) is 24.7 Å². The second kappa shape index (κ2) is 10.9. The Labute approximate surface area is 205 Å². The molecule has 0 unspecified atom stereocenters. The van der Waals surface area contributed by atoms with E-state index >= 15 is 0 Å². The molecular weight excluding hydrogens is 444 g/mol. The number of methoxy groups -OCH3 is 4. The molecule has 0 radical (unpaired) electrons. The lowest BCUT2D eigenvalue weighted by molar-refractivity contribution is 0.238. The van der Waals surface area contributed by atoms with Crippen LogP contribution in [0.15, 0.2) is 24.3 Å². The Morgan fingerprint density at radius 2 is 1.35 bits per heavy atom. The second-order valence-electron chi connectivity index (χ2n) is 9.41. The van der Waals surface area contributed by atoms with Crippen molar-refractivity contribution >= 4 is 8.32 Å². The van der Waals surface area contributed by atoms with E-state index < -0.39 is 14.4 Å². The van der Waals surface area contributed by atoms with Crippen LogP contribution in [0.1, 0.15) is 38.0 Å². The smallest absolute Gasteiger partial charge is 0.194 e. The van der Waals surface area contributed by atoms with Crippen LogP contribution in [0.4, 0.5) is 0 Å². The Hall–Kier alpha value is -3.06. The minimum absolute atomic E-state index is 0.0267. The predicted molar refractivity (Wildman–Crippen MR) is 140 cm³/mol. The fraction of sp³-hybridized carbons (Fsp3) is 0.429. The van der Waals surface area contributed by atoms with Crippen molar-refractivity contribution in [2.45, 2.75) is 51.4 Å². The number of rotatable bonds is 9. The topological polar surface area (TPSA) is 46.2 Å². The lowest BCUT2D eigenvalue weighted by Gasteiger charge is -2.38. The van der Waals surface area contributed by atoms with Gasteiger partial charge >= 0.3 is 0 Å². The van der Waals surface area contributed by atoms with Crippen LogP contribution in [-0.2, 0) is 10.8 Å². The first-order valence-electron chi connectivity index (χ1n) is 11.1. The Morgan fingerprint density at radius 3 is 1.79 bits per heavy atom. The van der Waals surface area contributed by atoms with E-state index in [1.807, 2.05) is 24.3 Å². The van der Waals surface area contributed by atoms with Crippen LogP contribution < -0.4 is 18.9 Å². The zero-order valence-electron chi connectivity index (χ0n) is 21.8. The molecule has 0 aliphatic carbocycles. The average molecular weight is 481 g/mol. The van der Waals surface area contributed by atoms with E-state index in [9.17, 15) is 0 Å². The maximum Gasteiger partial charge on any atom is 0.194 e. The Balaban J connectivity index is 2.99. The molecule has 0 aromatic heterocycles. The highest BCUT2D eigenvalue weighted by atomic mass is 28.4. The Kier molecular flexibility index (Phi) is 8.72. The molecule has 6 heteroatoms. The fourth-order valence-corrected chi connectivity index (χ4v) is 4.71. The van der Waals surface area contributed by atoms with Crippen LogP contribution in [0.5, 0.6) is 23.0 Å². The van der Waals surface area contributed by atoms with Gasteiger partial charge in [-0.3, -0.25) is 0 Å². The molecular formula is C28H36O5Si. The number of hydrogen-bond acceptors (Lipinski definition) is 5. The van der Waals surface area contributed by atoms with E-state index in [4.69, 9.17) is 36.2 Å². The Morgan fingerprint density at radius 1 is 0.824 bits per heavy atom. The van der Waals surface area contributed by atoms with Crippen molar-refractivity contribution in [2.24, 2.45) is 0 Å². The normalized spacial score (nSPS) is 12.3. The molecule has 0 saturated carbocycles. The van der Waals surface area contributed by atoms with Crippen LogP contribution >= 0.6 is 0 Å². The molecule has 0 aliphatic rings. The van der Waals surface area contributed by atoms with Crippen LogP contribution in [0.3, 0.4) is 0 Å². The summed E-state index contributed by atoms with van der Waals surface area (Å²) in [5.41, 5.74) is 3.10. The van der Waals surface area contributed by atoms with Crippen LogP contribution in [0.2, 0.25) is 18.1 Å². The van der Waals surface area contributed by atoms with E-state index in [0.29, 0.717) is 35.0 Å². The molecule has 182 valence electrons. The van der Waals surface area contributed by atoms with Gasteiger partial charge in [0.25, 0.3) is 0 Å². The largest absolute Gasteiger partial charge is 0.493 e. The minimum Gasteiger partial charge on any atom is -0.493 e. The summed E-state index contributed by atoms with van der Waals surface area (Å²) in [4.78, 5) is 0. The van der Waals surface area contributed by atoms with E-state index in [0.717, 1.165) is 16.7 Å². The van der Waals surface area contributed by atoms with E-state index in [-0.39, 0.29) is 5.04 Å².